The van der Waals surface area contributed by atoms with Crippen LogP contribution in [0.2, 0.25) is 0 Å². The number of aromatic nitrogens is 6. The molecule has 0 radical (unpaired) electrons. The van der Waals surface area contributed by atoms with Crippen LogP contribution in [0.25, 0.3) is 11.4 Å². The molecule has 0 bridgehead atoms. The van der Waals surface area contributed by atoms with Crippen molar-refractivity contribution in [2.45, 2.75) is 33.0 Å². The summed E-state index contributed by atoms with van der Waals surface area (Å²) in [6.45, 7) is 4.74. The topological polar surface area (TPSA) is 114 Å². The van der Waals surface area contributed by atoms with Crippen LogP contribution in [-0.4, -0.2) is 34.5 Å². The molecule has 0 fully saturated rings. The van der Waals surface area contributed by atoms with Crippen LogP contribution in [0.5, 0.6) is 5.75 Å². The van der Waals surface area contributed by atoms with Gasteiger partial charge in [-0.1, -0.05) is 0 Å². The number of nitro groups is 1. The molecule has 1 unspecified atom stereocenters. The van der Waals surface area contributed by atoms with Crippen molar-refractivity contribution in [1.29, 1.82) is 0 Å². The molecule has 0 N–H and O–H groups in total. The maximum Gasteiger partial charge on any atom is 0.406 e. The van der Waals surface area contributed by atoms with Crippen LogP contribution in [0.1, 0.15) is 31.1 Å². The van der Waals surface area contributed by atoms with Crippen LogP contribution in [0.15, 0.2) is 52.1 Å². The Balaban J connectivity index is 1.71. The summed E-state index contributed by atoms with van der Waals surface area (Å²) in [6, 6.07) is 5.68. The van der Waals surface area contributed by atoms with E-state index in [4.69, 9.17) is 4.74 Å². The lowest BCUT2D eigenvalue weighted by molar-refractivity contribution is -0.390. The summed E-state index contributed by atoms with van der Waals surface area (Å²) in [6.07, 6.45) is 3.70. The SMILES string of the molecule is CCn1ncc(Cn2ncnc2-c2ccc(F)cc2C(C)Oc2cc(Br)cnc2[N+](=O)[O-])c1Br. The molecule has 0 aliphatic heterocycles. The normalized spacial score (nSPS) is 12.0. The Labute approximate surface area is 210 Å². The van der Waals surface area contributed by atoms with Gasteiger partial charge in [-0.25, -0.2) is 14.1 Å². The summed E-state index contributed by atoms with van der Waals surface area (Å²) in [5.41, 5.74) is 1.93. The fourth-order valence-electron chi connectivity index (χ4n) is 3.45. The first-order valence-electron chi connectivity index (χ1n) is 10.1. The Morgan fingerprint density at radius 3 is 2.68 bits per heavy atom. The molecule has 0 saturated carbocycles. The van der Waals surface area contributed by atoms with Crippen molar-refractivity contribution in [3.63, 3.8) is 0 Å². The van der Waals surface area contributed by atoms with E-state index in [0.717, 1.165) is 10.2 Å². The predicted molar refractivity (Wildman–Crippen MR) is 128 cm³/mol. The number of benzene rings is 1. The molecular formula is C21H18Br2FN7O3. The number of aryl methyl sites for hydroxylation is 1. The van der Waals surface area contributed by atoms with Gasteiger partial charge in [0.05, 0.1) is 17.2 Å². The minimum Gasteiger partial charge on any atom is -0.478 e. The van der Waals surface area contributed by atoms with Gasteiger partial charge in [0.25, 0.3) is 0 Å². The van der Waals surface area contributed by atoms with Gasteiger partial charge in [0.1, 0.15) is 22.9 Å². The first-order chi connectivity index (χ1) is 16.3. The van der Waals surface area contributed by atoms with E-state index < -0.39 is 22.7 Å². The number of rotatable bonds is 8. The highest BCUT2D eigenvalue weighted by Crippen LogP contribution is 2.35. The van der Waals surface area contributed by atoms with Crippen LogP contribution in [0.4, 0.5) is 10.2 Å². The van der Waals surface area contributed by atoms with Gasteiger partial charge in [-0.05, 0) is 73.8 Å². The number of hydrogen-bond acceptors (Lipinski definition) is 7. The van der Waals surface area contributed by atoms with Gasteiger partial charge in [0, 0.05) is 29.3 Å². The predicted octanol–water partition coefficient (Wildman–Crippen LogP) is 5.32. The minimum atomic E-state index is -0.764. The van der Waals surface area contributed by atoms with E-state index in [0.29, 0.717) is 34.5 Å². The average Bonchev–Trinajstić information content (AvgIpc) is 3.40. The van der Waals surface area contributed by atoms with E-state index in [2.05, 4.69) is 52.0 Å². The van der Waals surface area contributed by atoms with Crippen LogP contribution < -0.4 is 4.74 Å². The van der Waals surface area contributed by atoms with Crippen molar-refractivity contribution in [3.8, 4) is 17.1 Å². The van der Waals surface area contributed by atoms with Crippen LogP contribution in [0.3, 0.4) is 0 Å². The third-order valence-corrected chi connectivity index (χ3v) is 6.40. The molecule has 4 aromatic rings. The highest BCUT2D eigenvalue weighted by atomic mass is 79.9. The van der Waals surface area contributed by atoms with Crippen molar-refractivity contribution in [3.05, 3.63) is 79.1 Å². The Kier molecular flexibility index (Phi) is 7.03. The Morgan fingerprint density at radius 1 is 1.18 bits per heavy atom. The van der Waals surface area contributed by atoms with Crippen molar-refractivity contribution in [2.75, 3.05) is 0 Å². The largest absolute Gasteiger partial charge is 0.478 e. The van der Waals surface area contributed by atoms with Gasteiger partial charge in [0.15, 0.2) is 12.0 Å². The summed E-state index contributed by atoms with van der Waals surface area (Å²) in [5.74, 6) is -0.467. The van der Waals surface area contributed by atoms with Crippen LogP contribution in [-0.2, 0) is 13.1 Å². The summed E-state index contributed by atoms with van der Waals surface area (Å²) < 4.78 is 25.0. The second kappa shape index (κ2) is 9.97. The van der Waals surface area contributed by atoms with E-state index in [9.17, 15) is 14.5 Å². The van der Waals surface area contributed by atoms with Gasteiger partial charge in [-0.15, -0.1) is 0 Å². The van der Waals surface area contributed by atoms with Gasteiger partial charge < -0.3 is 14.9 Å². The molecule has 13 heteroatoms. The number of ether oxygens (including phenoxy) is 1. The molecule has 3 aromatic heterocycles. The number of halogens is 3. The van der Waals surface area contributed by atoms with Crippen molar-refractivity contribution in [2.24, 2.45) is 0 Å². The molecule has 1 atom stereocenters. The molecule has 4 rings (SSSR count). The van der Waals surface area contributed by atoms with E-state index in [1.54, 1.807) is 23.9 Å². The minimum absolute atomic E-state index is 0.0422. The molecule has 0 aliphatic carbocycles. The zero-order valence-corrected chi connectivity index (χ0v) is 21.2. The van der Waals surface area contributed by atoms with E-state index in [1.807, 2.05) is 11.6 Å². The highest BCUT2D eigenvalue weighted by molar-refractivity contribution is 9.10. The zero-order valence-electron chi connectivity index (χ0n) is 18.0. The van der Waals surface area contributed by atoms with E-state index in [-0.39, 0.29) is 5.75 Å². The zero-order chi connectivity index (χ0) is 24.4. The first-order valence-corrected chi connectivity index (χ1v) is 11.7. The average molecular weight is 595 g/mol. The van der Waals surface area contributed by atoms with Crippen molar-refractivity contribution < 1.29 is 14.1 Å². The van der Waals surface area contributed by atoms with Gasteiger partial charge in [-0.2, -0.15) is 10.2 Å². The number of nitrogens with zero attached hydrogens (tertiary/aromatic N) is 7. The molecule has 0 amide bonds. The third-order valence-electron chi connectivity index (χ3n) is 5.05. The summed E-state index contributed by atoms with van der Waals surface area (Å²) in [4.78, 5) is 18.9. The van der Waals surface area contributed by atoms with Crippen LogP contribution in [0, 0.1) is 15.9 Å². The number of pyridine rings is 1. The smallest absolute Gasteiger partial charge is 0.406 e. The molecule has 0 spiro atoms. The molecule has 0 aliphatic rings. The second-order valence-corrected chi connectivity index (χ2v) is 8.91. The quantitative estimate of drug-likeness (QED) is 0.200. The summed E-state index contributed by atoms with van der Waals surface area (Å²) in [7, 11) is 0. The maximum atomic E-state index is 14.3. The Bertz CT molecular complexity index is 1360. The fourth-order valence-corrected chi connectivity index (χ4v) is 4.33. The van der Waals surface area contributed by atoms with Gasteiger partial charge in [-0.3, -0.25) is 4.68 Å². The van der Waals surface area contributed by atoms with E-state index >= 15 is 0 Å². The lowest BCUT2D eigenvalue weighted by atomic mass is 10.0. The van der Waals surface area contributed by atoms with Crippen molar-refractivity contribution in [1.82, 2.24) is 29.5 Å². The monoisotopic (exact) mass is 593 g/mol. The maximum absolute atomic E-state index is 14.3. The molecule has 3 heterocycles. The van der Waals surface area contributed by atoms with Gasteiger partial charge in [0.2, 0.25) is 5.75 Å². The lowest BCUT2D eigenvalue weighted by Crippen LogP contribution is -2.10. The molecule has 176 valence electrons. The van der Waals surface area contributed by atoms with Crippen molar-refractivity contribution >= 4 is 37.7 Å². The summed E-state index contributed by atoms with van der Waals surface area (Å²) >= 11 is 6.80. The standard InChI is InChI=1S/C21H18Br2FN7O3/c1-3-29-19(23)13(8-27-29)10-30-20(26-11-28-30)16-5-4-15(24)7-17(16)12(2)34-18-6-14(22)9-25-21(18)31(32)33/h4-9,11-12H,3,10H2,1-2H3. The second-order valence-electron chi connectivity index (χ2n) is 7.24. The first kappa shape index (κ1) is 24.0. The Hall–Kier alpha value is -3.19. The van der Waals surface area contributed by atoms with Crippen LogP contribution >= 0.6 is 31.9 Å². The molecule has 34 heavy (non-hydrogen) atoms. The third kappa shape index (κ3) is 4.85. The van der Waals surface area contributed by atoms with Gasteiger partial charge >= 0.3 is 5.82 Å². The Morgan fingerprint density at radius 2 is 1.97 bits per heavy atom. The number of hydrogen-bond donors (Lipinski definition) is 0. The van der Waals surface area contributed by atoms with E-state index in [1.165, 1.54) is 30.7 Å². The molecule has 10 nitrogen and oxygen atoms in total. The summed E-state index contributed by atoms with van der Waals surface area (Å²) in [5, 5.41) is 20.0. The highest BCUT2D eigenvalue weighted by Gasteiger charge is 2.24. The lowest BCUT2D eigenvalue weighted by Gasteiger charge is -2.18. The molecule has 1 aromatic carbocycles. The fraction of sp³-hybridized carbons (Fsp3) is 0.238. The molecular weight excluding hydrogens is 577 g/mol. The molecule has 0 saturated heterocycles.